The Hall–Kier alpha value is -1.62. The summed E-state index contributed by atoms with van der Waals surface area (Å²) in [6, 6.07) is 7.55. The van der Waals surface area contributed by atoms with E-state index in [9.17, 15) is 4.79 Å². The summed E-state index contributed by atoms with van der Waals surface area (Å²) >= 11 is 5.51. The highest BCUT2D eigenvalue weighted by atomic mass is 32.1. The molecule has 0 amide bonds. The van der Waals surface area contributed by atoms with Crippen LogP contribution in [0, 0.1) is 5.92 Å². The van der Waals surface area contributed by atoms with Crippen molar-refractivity contribution in [2.75, 3.05) is 11.9 Å². The van der Waals surface area contributed by atoms with Gasteiger partial charge in [0.15, 0.2) is 0 Å². The lowest BCUT2D eigenvalue weighted by Crippen LogP contribution is -2.18. The van der Waals surface area contributed by atoms with Crippen LogP contribution in [0.1, 0.15) is 110 Å². The third-order valence-electron chi connectivity index (χ3n) is 5.83. The minimum absolute atomic E-state index is 0.139. The molecule has 2 N–H and O–H groups in total. The van der Waals surface area contributed by atoms with Gasteiger partial charge in [-0.2, -0.15) is 0 Å². The fourth-order valence-electron chi connectivity index (χ4n) is 3.67. The highest BCUT2D eigenvalue weighted by Crippen LogP contribution is 2.25. The van der Waals surface area contributed by atoms with Gasteiger partial charge < -0.3 is 15.2 Å². The summed E-state index contributed by atoms with van der Waals surface area (Å²) in [6.07, 6.45) is 19.8. The van der Waals surface area contributed by atoms with Crippen LogP contribution in [0.4, 0.5) is 5.69 Å². The number of para-hydroxylation sites is 2. The lowest BCUT2D eigenvalue weighted by atomic mass is 10.0. The van der Waals surface area contributed by atoms with Crippen molar-refractivity contribution in [2.45, 2.75) is 110 Å². The van der Waals surface area contributed by atoms with Crippen molar-refractivity contribution in [2.24, 2.45) is 5.92 Å². The van der Waals surface area contributed by atoms with E-state index in [4.69, 9.17) is 22.1 Å². The number of benzene rings is 1. The molecule has 5 heteroatoms. The zero-order valence-corrected chi connectivity index (χ0v) is 21.2. The summed E-state index contributed by atoms with van der Waals surface area (Å²) in [7, 11) is 0. The highest BCUT2D eigenvalue weighted by molar-refractivity contribution is 7.80. The van der Waals surface area contributed by atoms with Crippen LogP contribution in [-0.4, -0.2) is 22.7 Å². The van der Waals surface area contributed by atoms with Crippen molar-refractivity contribution in [3.63, 3.8) is 0 Å². The molecule has 0 bridgehead atoms. The zero-order valence-electron chi connectivity index (χ0n) is 20.4. The minimum atomic E-state index is -0.858. The van der Waals surface area contributed by atoms with E-state index in [1.807, 2.05) is 24.3 Å². The van der Waals surface area contributed by atoms with Crippen molar-refractivity contribution in [3.05, 3.63) is 24.3 Å². The zero-order chi connectivity index (χ0) is 23.4. The van der Waals surface area contributed by atoms with Gasteiger partial charge >= 0.3 is 5.97 Å². The number of unbranched alkanes of at least 4 members (excludes halogenated alkanes) is 13. The normalized spacial score (nSPS) is 11.8. The fraction of sp³-hybridized carbons (Fsp3) is 0.704. The molecule has 0 aliphatic heterocycles. The molecule has 0 heterocycles. The molecule has 0 aliphatic carbocycles. The first-order chi connectivity index (χ1) is 15.5. The monoisotopic (exact) mass is 463 g/mol. The SMILES string of the molecule is CCCCCCCCCCCCCCCCC(=S)Nc1ccccc1OCC(C)C(=O)O. The summed E-state index contributed by atoms with van der Waals surface area (Å²) in [5.74, 6) is -0.766. The number of carbonyl (C=O) groups is 1. The first kappa shape index (κ1) is 28.4. The van der Waals surface area contributed by atoms with Gasteiger partial charge in [-0.1, -0.05) is 115 Å². The van der Waals surface area contributed by atoms with Gasteiger partial charge in [-0.05, 0) is 31.9 Å². The van der Waals surface area contributed by atoms with Crippen LogP contribution >= 0.6 is 12.2 Å². The third kappa shape index (κ3) is 14.4. The van der Waals surface area contributed by atoms with Crippen LogP contribution in [0.25, 0.3) is 0 Å². The molecule has 1 rings (SSSR count). The second kappa shape index (κ2) is 18.9. The molecule has 1 aromatic carbocycles. The van der Waals surface area contributed by atoms with Gasteiger partial charge in [-0.3, -0.25) is 4.79 Å². The van der Waals surface area contributed by atoms with Crippen LogP contribution < -0.4 is 10.1 Å². The van der Waals surface area contributed by atoms with Gasteiger partial charge in [0.1, 0.15) is 12.4 Å². The molecule has 0 aliphatic rings. The summed E-state index contributed by atoms with van der Waals surface area (Å²) in [6.45, 7) is 4.05. The van der Waals surface area contributed by atoms with E-state index in [1.165, 1.54) is 83.5 Å². The van der Waals surface area contributed by atoms with Crippen molar-refractivity contribution >= 4 is 28.9 Å². The number of aliphatic carboxylic acids is 1. The topological polar surface area (TPSA) is 58.6 Å². The lowest BCUT2D eigenvalue weighted by molar-refractivity contribution is -0.142. The van der Waals surface area contributed by atoms with Gasteiger partial charge in [0.05, 0.1) is 16.6 Å². The molecule has 0 saturated heterocycles. The number of anilines is 1. The van der Waals surface area contributed by atoms with Crippen molar-refractivity contribution in [1.29, 1.82) is 0 Å². The molecule has 1 unspecified atom stereocenters. The molecule has 0 saturated carbocycles. The van der Waals surface area contributed by atoms with Crippen LogP contribution in [0.2, 0.25) is 0 Å². The smallest absolute Gasteiger partial charge is 0.309 e. The fourth-order valence-corrected chi connectivity index (χ4v) is 3.93. The van der Waals surface area contributed by atoms with Gasteiger partial charge in [-0.15, -0.1) is 0 Å². The number of hydrogen-bond donors (Lipinski definition) is 2. The minimum Gasteiger partial charge on any atom is -0.491 e. The maximum absolute atomic E-state index is 11.0. The van der Waals surface area contributed by atoms with Gasteiger partial charge in [0.25, 0.3) is 0 Å². The average Bonchev–Trinajstić information content (AvgIpc) is 2.78. The van der Waals surface area contributed by atoms with Crippen LogP contribution in [0.3, 0.4) is 0 Å². The molecule has 1 aromatic rings. The summed E-state index contributed by atoms with van der Waals surface area (Å²) in [5, 5.41) is 12.3. The summed E-state index contributed by atoms with van der Waals surface area (Å²) < 4.78 is 5.68. The molecule has 32 heavy (non-hydrogen) atoms. The Morgan fingerprint density at radius 1 is 0.906 bits per heavy atom. The summed E-state index contributed by atoms with van der Waals surface area (Å²) in [5.41, 5.74) is 0.806. The van der Waals surface area contributed by atoms with Crippen LogP contribution in [-0.2, 0) is 4.79 Å². The van der Waals surface area contributed by atoms with E-state index in [2.05, 4.69) is 12.2 Å². The number of nitrogens with one attached hydrogen (secondary N) is 1. The maximum atomic E-state index is 11.0. The molecular weight excluding hydrogens is 418 g/mol. The molecule has 0 fully saturated rings. The highest BCUT2D eigenvalue weighted by Gasteiger charge is 2.13. The number of rotatable bonds is 20. The van der Waals surface area contributed by atoms with Gasteiger partial charge in [0.2, 0.25) is 0 Å². The average molecular weight is 464 g/mol. The van der Waals surface area contributed by atoms with E-state index in [1.54, 1.807) is 6.92 Å². The Morgan fingerprint density at radius 3 is 1.94 bits per heavy atom. The predicted octanol–water partition coefficient (Wildman–Crippen LogP) is 8.40. The third-order valence-corrected chi connectivity index (χ3v) is 6.14. The van der Waals surface area contributed by atoms with Gasteiger partial charge in [0, 0.05) is 0 Å². The largest absolute Gasteiger partial charge is 0.491 e. The molecule has 182 valence electrons. The van der Waals surface area contributed by atoms with Crippen molar-refractivity contribution in [3.8, 4) is 5.75 Å². The van der Waals surface area contributed by atoms with Crippen molar-refractivity contribution in [1.82, 2.24) is 0 Å². The molecule has 4 nitrogen and oxygen atoms in total. The number of carboxylic acid groups (broad SMARTS) is 1. The first-order valence-corrected chi connectivity index (χ1v) is 13.2. The van der Waals surface area contributed by atoms with Crippen LogP contribution in [0.15, 0.2) is 24.3 Å². The number of thiocarbonyl (C=S) groups is 1. The number of hydrogen-bond acceptors (Lipinski definition) is 3. The van der Waals surface area contributed by atoms with E-state index in [0.29, 0.717) is 5.75 Å². The molecule has 0 spiro atoms. The second-order valence-corrected chi connectivity index (χ2v) is 9.43. The van der Waals surface area contributed by atoms with Crippen molar-refractivity contribution < 1.29 is 14.6 Å². The molecule has 0 aromatic heterocycles. The maximum Gasteiger partial charge on any atom is 0.309 e. The van der Waals surface area contributed by atoms with Gasteiger partial charge in [-0.25, -0.2) is 0 Å². The van der Waals surface area contributed by atoms with E-state index >= 15 is 0 Å². The Labute approximate surface area is 201 Å². The number of carboxylic acids is 1. The van der Waals surface area contributed by atoms with E-state index in [-0.39, 0.29) is 6.61 Å². The standard InChI is InChI=1S/C27H45NO3S/c1-3-4-5-6-7-8-9-10-11-12-13-14-15-16-21-26(32)28-24-19-17-18-20-25(24)31-22-23(2)27(29)30/h17-20,23H,3-16,21-22H2,1-2H3,(H,28,32)(H,29,30). The molecule has 0 radical (unpaired) electrons. The van der Waals surface area contributed by atoms with E-state index < -0.39 is 11.9 Å². The Kier molecular flexibility index (Phi) is 16.8. The second-order valence-electron chi connectivity index (χ2n) is 8.94. The van der Waals surface area contributed by atoms with E-state index in [0.717, 1.165) is 23.5 Å². The Balaban J connectivity index is 2.06. The van der Waals surface area contributed by atoms with Crippen LogP contribution in [0.5, 0.6) is 5.75 Å². The predicted molar refractivity (Wildman–Crippen MR) is 140 cm³/mol. The summed E-state index contributed by atoms with van der Waals surface area (Å²) in [4.78, 5) is 11.8. The Morgan fingerprint density at radius 2 is 1.41 bits per heavy atom. The molecular formula is C27H45NO3S. The molecule has 1 atom stereocenters. The Bertz CT molecular complexity index is 635. The first-order valence-electron chi connectivity index (χ1n) is 12.8. The quantitative estimate of drug-likeness (QED) is 0.150. The number of ether oxygens (including phenoxy) is 1. The lowest BCUT2D eigenvalue weighted by Gasteiger charge is -2.15.